The summed E-state index contributed by atoms with van der Waals surface area (Å²) in [5, 5.41) is 12.0. The van der Waals surface area contributed by atoms with Crippen molar-refractivity contribution in [1.29, 1.82) is 0 Å². The molecule has 0 atom stereocenters. The Labute approximate surface area is 109 Å². The lowest BCUT2D eigenvalue weighted by molar-refractivity contribution is -0.115. The molecule has 6 heteroatoms. The number of aryl methyl sites for hydroxylation is 1. The number of rotatable bonds is 4. The van der Waals surface area contributed by atoms with Gasteiger partial charge in [-0.15, -0.1) is 10.2 Å². The summed E-state index contributed by atoms with van der Waals surface area (Å²) in [5.41, 5.74) is 7.19. The van der Waals surface area contributed by atoms with Crippen molar-refractivity contribution >= 4 is 28.1 Å². The smallest absolute Gasteiger partial charge is 0.230 e. The predicted octanol–water partition coefficient (Wildman–Crippen LogP) is 1.86. The second-order valence-corrected chi connectivity index (χ2v) is 4.88. The van der Waals surface area contributed by atoms with Crippen LogP contribution in [0.15, 0.2) is 24.3 Å². The van der Waals surface area contributed by atoms with E-state index in [0.717, 1.165) is 17.0 Å². The Bertz CT molecular complexity index is 535. The van der Waals surface area contributed by atoms with Crippen LogP contribution in [-0.2, 0) is 17.6 Å². The number of hydrogen-bond donors (Lipinski definition) is 2. The van der Waals surface area contributed by atoms with E-state index in [4.69, 9.17) is 5.73 Å². The van der Waals surface area contributed by atoms with E-state index in [2.05, 4.69) is 15.5 Å². The van der Waals surface area contributed by atoms with Gasteiger partial charge in [0.2, 0.25) is 11.0 Å². The van der Waals surface area contributed by atoms with E-state index in [0.29, 0.717) is 17.2 Å². The number of nitrogen functional groups attached to an aromatic ring is 1. The highest BCUT2D eigenvalue weighted by Crippen LogP contribution is 2.15. The molecule has 0 unspecified atom stereocenters. The van der Waals surface area contributed by atoms with Crippen molar-refractivity contribution in [2.24, 2.45) is 0 Å². The van der Waals surface area contributed by atoms with Crippen molar-refractivity contribution in [3.8, 4) is 0 Å². The number of hydrogen-bond acceptors (Lipinski definition) is 5. The molecule has 1 aromatic carbocycles. The van der Waals surface area contributed by atoms with E-state index in [9.17, 15) is 4.79 Å². The molecular weight excluding hydrogens is 248 g/mol. The van der Waals surface area contributed by atoms with E-state index in [1.165, 1.54) is 11.3 Å². The van der Waals surface area contributed by atoms with Gasteiger partial charge in [-0.3, -0.25) is 4.79 Å². The fourth-order valence-electron chi connectivity index (χ4n) is 1.43. The van der Waals surface area contributed by atoms with Crippen LogP contribution < -0.4 is 11.1 Å². The summed E-state index contributed by atoms with van der Waals surface area (Å²) in [6.45, 7) is 2.00. The monoisotopic (exact) mass is 262 g/mol. The van der Waals surface area contributed by atoms with E-state index in [1.807, 2.05) is 19.1 Å². The maximum atomic E-state index is 11.8. The highest BCUT2D eigenvalue weighted by molar-refractivity contribution is 7.15. The SMILES string of the molecule is CCc1nnc(NC(=O)Cc2ccc(N)cc2)s1. The molecule has 94 valence electrons. The first-order chi connectivity index (χ1) is 8.67. The topological polar surface area (TPSA) is 80.9 Å². The quantitative estimate of drug-likeness (QED) is 0.824. The molecule has 1 heterocycles. The highest BCUT2D eigenvalue weighted by atomic mass is 32.1. The summed E-state index contributed by atoms with van der Waals surface area (Å²) in [4.78, 5) is 11.8. The fraction of sp³-hybridized carbons (Fsp3) is 0.250. The van der Waals surface area contributed by atoms with E-state index in [1.54, 1.807) is 12.1 Å². The Morgan fingerprint density at radius 1 is 1.33 bits per heavy atom. The Morgan fingerprint density at radius 3 is 2.67 bits per heavy atom. The Kier molecular flexibility index (Phi) is 3.88. The Balaban J connectivity index is 1.94. The van der Waals surface area contributed by atoms with Crippen LogP contribution in [0.3, 0.4) is 0 Å². The lowest BCUT2D eigenvalue weighted by Crippen LogP contribution is -2.14. The molecule has 0 aliphatic heterocycles. The van der Waals surface area contributed by atoms with Crippen LogP contribution >= 0.6 is 11.3 Å². The number of aromatic nitrogens is 2. The average molecular weight is 262 g/mol. The first-order valence-corrected chi connectivity index (χ1v) is 6.45. The van der Waals surface area contributed by atoms with Crippen molar-refractivity contribution in [1.82, 2.24) is 10.2 Å². The van der Waals surface area contributed by atoms with E-state index >= 15 is 0 Å². The molecule has 0 saturated heterocycles. The largest absolute Gasteiger partial charge is 0.399 e. The van der Waals surface area contributed by atoms with Gasteiger partial charge in [-0.25, -0.2) is 0 Å². The number of nitrogens with one attached hydrogen (secondary N) is 1. The predicted molar refractivity (Wildman–Crippen MR) is 72.5 cm³/mol. The molecule has 5 nitrogen and oxygen atoms in total. The van der Waals surface area contributed by atoms with Crippen LogP contribution in [0.2, 0.25) is 0 Å². The minimum absolute atomic E-state index is 0.0985. The van der Waals surface area contributed by atoms with Gasteiger partial charge < -0.3 is 11.1 Å². The number of nitrogens with zero attached hydrogens (tertiary/aromatic N) is 2. The summed E-state index contributed by atoms with van der Waals surface area (Å²) in [6, 6.07) is 7.24. The molecule has 18 heavy (non-hydrogen) atoms. The molecular formula is C12H14N4OS. The number of anilines is 2. The Morgan fingerprint density at radius 2 is 2.06 bits per heavy atom. The van der Waals surface area contributed by atoms with Crippen LogP contribution in [0.5, 0.6) is 0 Å². The zero-order valence-electron chi connectivity index (χ0n) is 10.0. The van der Waals surface area contributed by atoms with Crippen LogP contribution in [0.4, 0.5) is 10.8 Å². The molecule has 0 saturated carbocycles. The van der Waals surface area contributed by atoms with E-state index in [-0.39, 0.29) is 5.91 Å². The summed E-state index contributed by atoms with van der Waals surface area (Å²) in [6.07, 6.45) is 1.13. The lowest BCUT2D eigenvalue weighted by Gasteiger charge is -2.01. The molecule has 1 amide bonds. The van der Waals surface area contributed by atoms with Crippen molar-refractivity contribution in [2.75, 3.05) is 11.1 Å². The zero-order valence-corrected chi connectivity index (χ0v) is 10.8. The second-order valence-electron chi connectivity index (χ2n) is 3.82. The van der Waals surface area contributed by atoms with Crippen LogP contribution in [0.25, 0.3) is 0 Å². The van der Waals surface area contributed by atoms with Gasteiger partial charge in [0, 0.05) is 5.69 Å². The molecule has 2 rings (SSSR count). The molecule has 0 bridgehead atoms. The van der Waals surface area contributed by atoms with Crippen molar-refractivity contribution in [3.63, 3.8) is 0 Å². The third-order valence-electron chi connectivity index (χ3n) is 2.36. The van der Waals surface area contributed by atoms with Gasteiger partial charge in [0.05, 0.1) is 6.42 Å². The summed E-state index contributed by atoms with van der Waals surface area (Å²) >= 11 is 1.40. The minimum atomic E-state index is -0.0985. The molecule has 2 aromatic rings. The maximum absolute atomic E-state index is 11.8. The van der Waals surface area contributed by atoms with Gasteiger partial charge in [-0.1, -0.05) is 30.4 Å². The molecule has 1 aromatic heterocycles. The van der Waals surface area contributed by atoms with Gasteiger partial charge in [-0.2, -0.15) is 0 Å². The third kappa shape index (κ3) is 3.27. The number of benzene rings is 1. The maximum Gasteiger partial charge on any atom is 0.230 e. The third-order valence-corrected chi connectivity index (χ3v) is 3.34. The zero-order chi connectivity index (χ0) is 13.0. The minimum Gasteiger partial charge on any atom is -0.399 e. The van der Waals surface area contributed by atoms with E-state index < -0.39 is 0 Å². The summed E-state index contributed by atoms with van der Waals surface area (Å²) in [5.74, 6) is -0.0985. The first-order valence-electron chi connectivity index (χ1n) is 5.64. The molecule has 0 aliphatic rings. The molecule has 0 spiro atoms. The van der Waals surface area contributed by atoms with Crippen LogP contribution in [-0.4, -0.2) is 16.1 Å². The van der Waals surface area contributed by atoms with Crippen molar-refractivity contribution < 1.29 is 4.79 Å². The normalized spacial score (nSPS) is 10.3. The average Bonchev–Trinajstić information content (AvgIpc) is 2.79. The van der Waals surface area contributed by atoms with Gasteiger partial charge in [0.15, 0.2) is 0 Å². The summed E-state index contributed by atoms with van der Waals surface area (Å²) in [7, 11) is 0. The number of carbonyl (C=O) groups is 1. The molecule has 0 aliphatic carbocycles. The fourth-order valence-corrected chi connectivity index (χ4v) is 2.13. The molecule has 0 fully saturated rings. The lowest BCUT2D eigenvalue weighted by atomic mass is 10.1. The highest BCUT2D eigenvalue weighted by Gasteiger charge is 2.08. The molecule has 3 N–H and O–H groups in total. The van der Waals surface area contributed by atoms with Crippen LogP contribution in [0, 0.1) is 0 Å². The standard InChI is InChI=1S/C12H14N4OS/c1-2-11-15-16-12(18-11)14-10(17)7-8-3-5-9(13)6-4-8/h3-6H,2,7,13H2,1H3,(H,14,16,17). The summed E-state index contributed by atoms with van der Waals surface area (Å²) < 4.78 is 0. The van der Waals surface area contributed by atoms with Crippen molar-refractivity contribution in [3.05, 3.63) is 34.8 Å². The van der Waals surface area contributed by atoms with Crippen LogP contribution in [0.1, 0.15) is 17.5 Å². The van der Waals surface area contributed by atoms with Gasteiger partial charge >= 0.3 is 0 Å². The number of amides is 1. The van der Waals surface area contributed by atoms with Gasteiger partial charge in [0.1, 0.15) is 5.01 Å². The first kappa shape index (κ1) is 12.5. The number of nitrogens with two attached hydrogens (primary N) is 1. The van der Waals surface area contributed by atoms with Gasteiger partial charge in [-0.05, 0) is 24.1 Å². The Hall–Kier alpha value is -1.95. The van der Waals surface area contributed by atoms with Gasteiger partial charge in [0.25, 0.3) is 0 Å². The molecule has 0 radical (unpaired) electrons. The number of carbonyl (C=O) groups excluding carboxylic acids is 1. The second kappa shape index (κ2) is 5.59. The van der Waals surface area contributed by atoms with Crippen molar-refractivity contribution in [2.45, 2.75) is 19.8 Å².